The van der Waals surface area contributed by atoms with Crippen LogP contribution in [-0.2, 0) is 14.3 Å². The zero-order valence-electron chi connectivity index (χ0n) is 23.5. The molecule has 0 aromatic heterocycles. The third-order valence-corrected chi connectivity index (χ3v) is 6.91. The number of nitrogens with one attached hydrogen (secondary N) is 2. The summed E-state index contributed by atoms with van der Waals surface area (Å²) in [4.78, 5) is 41.7. The molecule has 0 radical (unpaired) electrons. The number of benzene rings is 3. The highest BCUT2D eigenvalue weighted by molar-refractivity contribution is 5.98. The molecule has 0 aliphatic carbocycles. The third kappa shape index (κ3) is 6.60. The number of allylic oxidation sites excluding steroid dienone is 1. The summed E-state index contributed by atoms with van der Waals surface area (Å²) < 4.78 is 5.58. The average molecular weight is 540 g/mol. The van der Waals surface area contributed by atoms with Gasteiger partial charge in [0.1, 0.15) is 0 Å². The highest BCUT2D eigenvalue weighted by atomic mass is 16.5. The second-order valence-corrected chi connectivity index (χ2v) is 10.2. The van der Waals surface area contributed by atoms with Gasteiger partial charge in [0.05, 0.1) is 23.6 Å². The maximum Gasteiger partial charge on any atom is 0.338 e. The third-order valence-electron chi connectivity index (χ3n) is 6.91. The number of urea groups is 1. The van der Waals surface area contributed by atoms with E-state index in [0.717, 1.165) is 24.0 Å². The summed E-state index contributed by atoms with van der Waals surface area (Å²) in [5, 5.41) is 6.06. The molecular formula is C33H37N3O4. The number of hydrogen-bond acceptors (Lipinski definition) is 4. The van der Waals surface area contributed by atoms with Crippen molar-refractivity contribution in [3.8, 4) is 0 Å². The molecule has 0 fully saturated rings. The summed E-state index contributed by atoms with van der Waals surface area (Å²) in [5.74, 6) is -1.16. The number of nitrogens with zero attached hydrogens (tertiary/aromatic N) is 1. The minimum absolute atomic E-state index is 0.181. The van der Waals surface area contributed by atoms with Crippen molar-refractivity contribution in [1.82, 2.24) is 10.2 Å². The predicted molar refractivity (Wildman–Crippen MR) is 157 cm³/mol. The Morgan fingerprint density at radius 2 is 1.57 bits per heavy atom. The quantitative estimate of drug-likeness (QED) is 0.286. The van der Waals surface area contributed by atoms with Crippen LogP contribution < -0.4 is 10.6 Å². The van der Waals surface area contributed by atoms with Crippen LogP contribution in [0.4, 0.5) is 10.5 Å². The fourth-order valence-corrected chi connectivity index (χ4v) is 4.96. The number of esters is 1. The van der Waals surface area contributed by atoms with Gasteiger partial charge in [-0.2, -0.15) is 0 Å². The van der Waals surface area contributed by atoms with Gasteiger partial charge in [-0.25, -0.2) is 9.59 Å². The molecule has 3 aromatic rings. The smallest absolute Gasteiger partial charge is 0.338 e. The van der Waals surface area contributed by atoms with Crippen LogP contribution in [0.5, 0.6) is 0 Å². The van der Waals surface area contributed by atoms with Crippen LogP contribution in [0, 0.1) is 0 Å². The summed E-state index contributed by atoms with van der Waals surface area (Å²) in [6.07, 6.45) is 1.42. The summed E-state index contributed by atoms with van der Waals surface area (Å²) >= 11 is 0. The number of rotatable bonds is 10. The van der Waals surface area contributed by atoms with Crippen LogP contribution in [0.1, 0.15) is 69.2 Å². The fourth-order valence-electron chi connectivity index (χ4n) is 4.96. The lowest BCUT2D eigenvalue weighted by molar-refractivity contribution is -0.143. The Kier molecular flexibility index (Phi) is 9.38. The van der Waals surface area contributed by atoms with E-state index >= 15 is 0 Å². The zero-order valence-corrected chi connectivity index (χ0v) is 23.5. The van der Waals surface area contributed by atoms with E-state index in [1.807, 2.05) is 66.7 Å². The first-order valence-corrected chi connectivity index (χ1v) is 13.8. The molecule has 0 saturated heterocycles. The second kappa shape index (κ2) is 13.1. The largest absolute Gasteiger partial charge is 0.459 e. The van der Waals surface area contributed by atoms with Gasteiger partial charge >= 0.3 is 12.0 Å². The minimum atomic E-state index is -0.715. The van der Waals surface area contributed by atoms with E-state index in [1.165, 1.54) is 0 Å². The molecule has 1 heterocycles. The monoisotopic (exact) mass is 539 g/mol. The fraction of sp³-hybridized carbons (Fsp3) is 0.303. The lowest BCUT2D eigenvalue weighted by Gasteiger charge is -2.35. The van der Waals surface area contributed by atoms with Gasteiger partial charge < -0.3 is 15.4 Å². The molecule has 1 aliphatic rings. The maximum absolute atomic E-state index is 13.7. The molecular weight excluding hydrogens is 502 g/mol. The molecule has 1 aliphatic heterocycles. The van der Waals surface area contributed by atoms with Crippen LogP contribution in [0.3, 0.4) is 0 Å². The van der Waals surface area contributed by atoms with Gasteiger partial charge in [-0.3, -0.25) is 9.69 Å². The summed E-state index contributed by atoms with van der Waals surface area (Å²) in [7, 11) is 0. The van der Waals surface area contributed by atoms with E-state index < -0.39 is 17.9 Å². The lowest BCUT2D eigenvalue weighted by Crippen LogP contribution is -2.48. The molecule has 7 nitrogen and oxygen atoms in total. The highest BCUT2D eigenvalue weighted by Crippen LogP contribution is 2.33. The molecule has 7 heteroatoms. The Morgan fingerprint density at radius 3 is 2.15 bits per heavy atom. The van der Waals surface area contributed by atoms with Crippen molar-refractivity contribution in [1.29, 1.82) is 0 Å². The zero-order chi connectivity index (χ0) is 28.6. The van der Waals surface area contributed by atoms with Crippen LogP contribution in [0.25, 0.3) is 0 Å². The molecule has 4 rings (SSSR count). The van der Waals surface area contributed by atoms with E-state index in [9.17, 15) is 14.4 Å². The van der Waals surface area contributed by atoms with Crippen molar-refractivity contribution in [2.75, 3.05) is 11.9 Å². The van der Waals surface area contributed by atoms with E-state index in [4.69, 9.17) is 4.74 Å². The molecule has 1 unspecified atom stereocenters. The van der Waals surface area contributed by atoms with Gasteiger partial charge in [0.25, 0.3) is 0 Å². The molecule has 208 valence electrons. The second-order valence-electron chi connectivity index (χ2n) is 10.2. The Labute approximate surface area is 236 Å². The van der Waals surface area contributed by atoms with Gasteiger partial charge in [0, 0.05) is 17.9 Å². The average Bonchev–Trinajstić information content (AvgIpc) is 2.93. The molecule has 3 amide bonds. The summed E-state index contributed by atoms with van der Waals surface area (Å²) in [6, 6.07) is 25.5. The van der Waals surface area contributed by atoms with Crippen molar-refractivity contribution in [2.24, 2.45) is 0 Å². The number of hydrogen-bond donors (Lipinski definition) is 2. The van der Waals surface area contributed by atoms with Gasteiger partial charge in [0.2, 0.25) is 5.91 Å². The lowest BCUT2D eigenvalue weighted by atomic mass is 9.90. The SMILES string of the molecule is CCCCN1C(=O)NC(c2cccc(NC(=O)C(c3ccccc3)c3ccccc3)c2)C(C(=O)OC(C)C)=C1C. The normalized spacial score (nSPS) is 15.3. The van der Waals surface area contributed by atoms with Crippen molar-refractivity contribution in [2.45, 2.75) is 58.6 Å². The molecule has 1 atom stereocenters. The molecule has 40 heavy (non-hydrogen) atoms. The van der Waals surface area contributed by atoms with Gasteiger partial charge in [-0.05, 0) is 56.0 Å². The number of unbranched alkanes of at least 4 members (excludes halogenated alkanes) is 1. The van der Waals surface area contributed by atoms with Crippen LogP contribution in [0.2, 0.25) is 0 Å². The van der Waals surface area contributed by atoms with E-state index in [2.05, 4.69) is 17.6 Å². The maximum atomic E-state index is 13.7. The van der Waals surface area contributed by atoms with E-state index in [-0.39, 0.29) is 18.0 Å². The minimum Gasteiger partial charge on any atom is -0.459 e. The summed E-state index contributed by atoms with van der Waals surface area (Å²) in [6.45, 7) is 7.94. The van der Waals surface area contributed by atoms with Crippen LogP contribution in [0.15, 0.2) is 96.2 Å². The Hall–Kier alpha value is -4.39. The number of carbonyl (C=O) groups excluding carboxylic acids is 3. The molecule has 0 spiro atoms. The van der Waals surface area contributed by atoms with Gasteiger partial charge in [-0.1, -0.05) is 86.1 Å². The first kappa shape index (κ1) is 28.6. The number of ether oxygens (including phenoxy) is 1. The van der Waals surface area contributed by atoms with Crippen molar-refractivity contribution in [3.63, 3.8) is 0 Å². The Bertz CT molecular complexity index is 1330. The van der Waals surface area contributed by atoms with Crippen LogP contribution >= 0.6 is 0 Å². The number of carbonyl (C=O) groups is 3. The van der Waals surface area contributed by atoms with Crippen LogP contribution in [-0.4, -0.2) is 35.5 Å². The first-order chi connectivity index (χ1) is 19.3. The Balaban J connectivity index is 1.67. The first-order valence-electron chi connectivity index (χ1n) is 13.8. The molecule has 2 N–H and O–H groups in total. The predicted octanol–water partition coefficient (Wildman–Crippen LogP) is 6.55. The molecule has 3 aromatic carbocycles. The number of anilines is 1. The van der Waals surface area contributed by atoms with E-state index in [0.29, 0.717) is 29.1 Å². The standard InChI is InChI=1S/C33H37N3O4/c1-5-6-20-36-23(4)28(32(38)40-22(2)3)30(35-33(36)39)26-18-13-19-27(21-26)34-31(37)29(24-14-9-7-10-15-24)25-16-11-8-12-17-25/h7-19,21-22,29-30H,5-6,20H2,1-4H3,(H,34,37)(H,35,39). The summed E-state index contributed by atoms with van der Waals surface area (Å²) in [5.41, 5.74) is 3.97. The van der Waals surface area contributed by atoms with Crippen molar-refractivity contribution in [3.05, 3.63) is 113 Å². The van der Waals surface area contributed by atoms with Gasteiger partial charge in [-0.15, -0.1) is 0 Å². The molecule has 0 bridgehead atoms. The van der Waals surface area contributed by atoms with Gasteiger partial charge in [0.15, 0.2) is 0 Å². The van der Waals surface area contributed by atoms with Crippen molar-refractivity contribution < 1.29 is 19.1 Å². The molecule has 0 saturated carbocycles. The van der Waals surface area contributed by atoms with E-state index in [1.54, 1.807) is 43.9 Å². The van der Waals surface area contributed by atoms with Crippen molar-refractivity contribution >= 4 is 23.6 Å². The highest BCUT2D eigenvalue weighted by Gasteiger charge is 2.36. The Morgan fingerprint density at radius 1 is 0.950 bits per heavy atom. The topological polar surface area (TPSA) is 87.7 Å². The number of amides is 3.